The number of likely N-dealkylation sites (tertiary alicyclic amines) is 1. The predicted octanol–water partition coefficient (Wildman–Crippen LogP) is 1.74. The van der Waals surface area contributed by atoms with Gasteiger partial charge >= 0.3 is 6.03 Å². The van der Waals surface area contributed by atoms with Gasteiger partial charge in [0.05, 0.1) is 12.6 Å². The third-order valence-corrected chi connectivity index (χ3v) is 5.29. The summed E-state index contributed by atoms with van der Waals surface area (Å²) in [5.74, 6) is 0.886. The van der Waals surface area contributed by atoms with Gasteiger partial charge in [0.15, 0.2) is 0 Å². The molecule has 0 bridgehead atoms. The van der Waals surface area contributed by atoms with Crippen molar-refractivity contribution in [3.63, 3.8) is 0 Å². The predicted molar refractivity (Wildman–Crippen MR) is 104 cm³/mol. The number of nitrogens with zero attached hydrogens (tertiary/aromatic N) is 3. The van der Waals surface area contributed by atoms with E-state index in [-0.39, 0.29) is 24.8 Å². The molecule has 1 saturated heterocycles. The summed E-state index contributed by atoms with van der Waals surface area (Å²) in [4.78, 5) is 14.3. The molecule has 9 heteroatoms. The molecule has 3 rings (SSSR count). The van der Waals surface area contributed by atoms with Gasteiger partial charge in [0.2, 0.25) is 5.13 Å². The molecule has 1 aromatic heterocycles. The van der Waals surface area contributed by atoms with Crippen LogP contribution in [-0.4, -0.2) is 64.6 Å². The number of nitrogens with one attached hydrogen (secondary N) is 2. The van der Waals surface area contributed by atoms with E-state index < -0.39 is 0 Å². The van der Waals surface area contributed by atoms with E-state index in [4.69, 9.17) is 4.74 Å². The fourth-order valence-corrected chi connectivity index (χ4v) is 3.46. The van der Waals surface area contributed by atoms with Crippen LogP contribution in [0.2, 0.25) is 0 Å². The van der Waals surface area contributed by atoms with Crippen molar-refractivity contribution in [1.29, 1.82) is 0 Å². The van der Waals surface area contributed by atoms with Crippen LogP contribution in [0.4, 0.5) is 9.93 Å². The average Bonchev–Trinajstić information content (AvgIpc) is 3.10. The number of carbonyl (C=O) groups is 1. The van der Waals surface area contributed by atoms with E-state index in [0.717, 1.165) is 36.8 Å². The Morgan fingerprint density at radius 3 is 2.81 bits per heavy atom. The lowest BCUT2D eigenvalue weighted by Crippen LogP contribution is -2.55. The number of urea groups is 1. The minimum atomic E-state index is -0.373. The van der Waals surface area contributed by atoms with Crippen molar-refractivity contribution in [2.75, 3.05) is 31.6 Å². The fraction of sp³-hybridized carbons (Fsp3) is 0.500. The van der Waals surface area contributed by atoms with Gasteiger partial charge in [-0.1, -0.05) is 36.5 Å². The molecule has 0 saturated carbocycles. The Labute approximate surface area is 162 Å². The molecule has 1 aliphatic rings. The van der Waals surface area contributed by atoms with Gasteiger partial charge in [-0.05, 0) is 25.0 Å². The van der Waals surface area contributed by atoms with Gasteiger partial charge < -0.3 is 15.2 Å². The highest BCUT2D eigenvalue weighted by molar-refractivity contribution is 7.15. The number of hydrogen-bond acceptors (Lipinski definition) is 7. The number of ether oxygens (including phenoxy) is 1. The lowest BCUT2D eigenvalue weighted by Gasteiger charge is -2.39. The van der Waals surface area contributed by atoms with Gasteiger partial charge in [-0.2, -0.15) is 0 Å². The maximum atomic E-state index is 12.0. The average molecular weight is 391 g/mol. The molecule has 1 fully saturated rings. The Balaban J connectivity index is 1.34. The van der Waals surface area contributed by atoms with Gasteiger partial charge in [0.1, 0.15) is 16.9 Å². The number of aliphatic hydroxyl groups is 1. The van der Waals surface area contributed by atoms with Crippen molar-refractivity contribution >= 4 is 22.5 Å². The van der Waals surface area contributed by atoms with Crippen LogP contribution in [0.25, 0.3) is 0 Å². The second kappa shape index (κ2) is 9.63. The van der Waals surface area contributed by atoms with Crippen LogP contribution in [0, 0.1) is 0 Å². The van der Waals surface area contributed by atoms with Crippen LogP contribution in [-0.2, 0) is 6.42 Å². The molecule has 8 nitrogen and oxygen atoms in total. The Bertz CT molecular complexity index is 721. The normalized spacial score (nSPS) is 15.8. The molecular formula is C18H25N5O3S. The second-order valence-corrected chi connectivity index (χ2v) is 7.50. The summed E-state index contributed by atoms with van der Waals surface area (Å²) in [6, 6.07) is 9.10. The smallest absolute Gasteiger partial charge is 0.321 e. The largest absolute Gasteiger partial charge is 0.488 e. The SMILES string of the molecule is CCc1nnc(NC(=O)N[C@H](CO)CCN2CC(Oc3ccccc3)C2)s1. The van der Waals surface area contributed by atoms with Crippen molar-refractivity contribution in [3.05, 3.63) is 35.3 Å². The summed E-state index contributed by atoms with van der Waals surface area (Å²) in [5.41, 5.74) is 0. The molecule has 0 spiro atoms. The standard InChI is InChI=1S/C18H25N5O3S/c1-2-16-21-22-18(27-16)20-17(25)19-13(12-24)8-9-23-10-15(11-23)26-14-6-4-3-5-7-14/h3-7,13,15,24H,2,8-12H2,1H3,(H2,19,20,22,25)/t13-/m0/s1. The number of aromatic nitrogens is 2. The van der Waals surface area contributed by atoms with Crippen molar-refractivity contribution < 1.29 is 14.6 Å². The van der Waals surface area contributed by atoms with E-state index in [1.165, 1.54) is 11.3 Å². The van der Waals surface area contributed by atoms with Crippen molar-refractivity contribution in [1.82, 2.24) is 20.4 Å². The summed E-state index contributed by atoms with van der Waals surface area (Å²) in [5, 5.41) is 24.2. The van der Waals surface area contributed by atoms with E-state index in [0.29, 0.717) is 11.6 Å². The molecule has 0 aliphatic carbocycles. The lowest BCUT2D eigenvalue weighted by atomic mass is 10.1. The first kappa shape index (κ1) is 19.5. The van der Waals surface area contributed by atoms with Crippen LogP contribution < -0.4 is 15.4 Å². The third kappa shape index (κ3) is 5.88. The fourth-order valence-electron chi connectivity index (χ4n) is 2.78. The number of carbonyl (C=O) groups excluding carboxylic acids is 1. The van der Waals surface area contributed by atoms with Gasteiger partial charge in [-0.25, -0.2) is 4.79 Å². The third-order valence-electron chi connectivity index (χ3n) is 4.31. The van der Waals surface area contributed by atoms with Crippen LogP contribution in [0.5, 0.6) is 5.75 Å². The molecule has 146 valence electrons. The zero-order chi connectivity index (χ0) is 19.1. The van der Waals surface area contributed by atoms with Crippen molar-refractivity contribution in [3.8, 4) is 5.75 Å². The summed E-state index contributed by atoms with van der Waals surface area (Å²) in [6.07, 6.45) is 1.64. The Kier molecular flexibility index (Phi) is 6.97. The monoisotopic (exact) mass is 391 g/mol. The number of benzene rings is 1. The molecule has 0 unspecified atom stereocenters. The number of aryl methyl sites for hydroxylation is 1. The van der Waals surface area contributed by atoms with Crippen LogP contribution >= 0.6 is 11.3 Å². The molecule has 2 heterocycles. The summed E-state index contributed by atoms with van der Waals surface area (Å²) in [7, 11) is 0. The molecule has 2 aromatic rings. The Hall–Kier alpha value is -2.23. The number of para-hydroxylation sites is 1. The molecule has 1 aromatic carbocycles. The first-order chi connectivity index (χ1) is 13.2. The van der Waals surface area contributed by atoms with Crippen LogP contribution in [0.1, 0.15) is 18.4 Å². The summed E-state index contributed by atoms with van der Waals surface area (Å²) < 4.78 is 5.87. The Morgan fingerprint density at radius 2 is 2.15 bits per heavy atom. The van der Waals surface area contributed by atoms with Gasteiger partial charge in [0.25, 0.3) is 0 Å². The van der Waals surface area contributed by atoms with Crippen molar-refractivity contribution in [2.24, 2.45) is 0 Å². The van der Waals surface area contributed by atoms with Crippen LogP contribution in [0.15, 0.2) is 30.3 Å². The zero-order valence-electron chi connectivity index (χ0n) is 15.3. The number of rotatable bonds is 9. The zero-order valence-corrected chi connectivity index (χ0v) is 16.1. The molecule has 3 N–H and O–H groups in total. The number of aliphatic hydroxyl groups excluding tert-OH is 1. The summed E-state index contributed by atoms with van der Waals surface area (Å²) >= 11 is 1.35. The van der Waals surface area contributed by atoms with E-state index >= 15 is 0 Å². The number of amides is 2. The van der Waals surface area contributed by atoms with E-state index in [1.807, 2.05) is 37.3 Å². The van der Waals surface area contributed by atoms with E-state index in [9.17, 15) is 9.90 Å². The molecule has 1 aliphatic heterocycles. The molecule has 0 radical (unpaired) electrons. The number of anilines is 1. The molecular weight excluding hydrogens is 366 g/mol. The topological polar surface area (TPSA) is 99.6 Å². The molecule has 1 atom stereocenters. The molecule has 2 amide bonds. The lowest BCUT2D eigenvalue weighted by molar-refractivity contribution is 0.0168. The highest BCUT2D eigenvalue weighted by Gasteiger charge is 2.28. The first-order valence-corrected chi connectivity index (χ1v) is 9.92. The number of hydrogen-bond donors (Lipinski definition) is 3. The highest BCUT2D eigenvalue weighted by atomic mass is 32.1. The van der Waals surface area contributed by atoms with Gasteiger partial charge in [-0.3, -0.25) is 10.2 Å². The summed E-state index contributed by atoms with van der Waals surface area (Å²) in [6.45, 7) is 4.37. The van der Waals surface area contributed by atoms with E-state index in [2.05, 4.69) is 25.7 Å². The van der Waals surface area contributed by atoms with Gasteiger partial charge in [-0.15, -0.1) is 10.2 Å². The van der Waals surface area contributed by atoms with Crippen LogP contribution in [0.3, 0.4) is 0 Å². The van der Waals surface area contributed by atoms with Crippen molar-refractivity contribution in [2.45, 2.75) is 31.9 Å². The first-order valence-electron chi connectivity index (χ1n) is 9.11. The molecule has 27 heavy (non-hydrogen) atoms. The van der Waals surface area contributed by atoms with Gasteiger partial charge in [0, 0.05) is 19.6 Å². The van der Waals surface area contributed by atoms with E-state index in [1.54, 1.807) is 0 Å². The quantitative estimate of drug-likeness (QED) is 0.602. The minimum Gasteiger partial charge on any atom is -0.488 e. The second-order valence-electron chi connectivity index (χ2n) is 6.43. The minimum absolute atomic E-state index is 0.110. The Morgan fingerprint density at radius 1 is 1.37 bits per heavy atom. The maximum absolute atomic E-state index is 12.0. The highest BCUT2D eigenvalue weighted by Crippen LogP contribution is 2.18. The maximum Gasteiger partial charge on any atom is 0.321 e.